The molecule has 1 aromatic rings. The Bertz CT molecular complexity index is 421. The molecule has 4 heteroatoms. The van der Waals surface area contributed by atoms with Crippen molar-refractivity contribution in [3.63, 3.8) is 0 Å². The zero-order valence-electron chi connectivity index (χ0n) is 12.3. The van der Waals surface area contributed by atoms with Gasteiger partial charge in [-0.25, -0.2) is 8.78 Å². The number of aryl methyl sites for hydroxylation is 1. The van der Waals surface area contributed by atoms with E-state index in [-0.39, 0.29) is 18.1 Å². The molecule has 0 aliphatic rings. The maximum atomic E-state index is 14.1. The molecule has 2 nitrogen and oxygen atoms in total. The molecule has 0 amide bonds. The zero-order valence-corrected chi connectivity index (χ0v) is 12.3. The molecule has 0 spiro atoms. The van der Waals surface area contributed by atoms with Crippen LogP contribution in [0.2, 0.25) is 0 Å². The Morgan fingerprint density at radius 3 is 2.32 bits per heavy atom. The highest BCUT2D eigenvalue weighted by Gasteiger charge is 2.28. The van der Waals surface area contributed by atoms with Gasteiger partial charge in [0.2, 0.25) is 0 Å². The number of rotatable bonds is 6. The van der Waals surface area contributed by atoms with E-state index in [4.69, 9.17) is 4.74 Å². The van der Waals surface area contributed by atoms with Crippen molar-refractivity contribution in [3.05, 3.63) is 34.9 Å². The molecule has 2 unspecified atom stereocenters. The first-order valence-electron chi connectivity index (χ1n) is 6.67. The van der Waals surface area contributed by atoms with Crippen molar-refractivity contribution in [2.75, 3.05) is 13.7 Å². The maximum Gasteiger partial charge on any atom is 0.163 e. The summed E-state index contributed by atoms with van der Waals surface area (Å²) in [5.41, 5.74) is 0.631. The molecule has 0 aromatic heterocycles. The summed E-state index contributed by atoms with van der Waals surface area (Å²) < 4.78 is 33.5. The molecule has 108 valence electrons. The Morgan fingerprint density at radius 1 is 1.21 bits per heavy atom. The summed E-state index contributed by atoms with van der Waals surface area (Å²) in [5, 5.41) is 3.04. The zero-order chi connectivity index (χ0) is 14.6. The Morgan fingerprint density at radius 2 is 1.84 bits per heavy atom. The molecule has 0 fully saturated rings. The fourth-order valence-electron chi connectivity index (χ4n) is 2.26. The third-order valence-electron chi connectivity index (χ3n) is 3.30. The predicted molar refractivity (Wildman–Crippen MR) is 73.1 cm³/mol. The van der Waals surface area contributed by atoms with E-state index in [0.29, 0.717) is 17.7 Å². The lowest BCUT2D eigenvalue weighted by Gasteiger charge is -2.30. The molecule has 1 aromatic carbocycles. The normalized spacial score (nSPS) is 14.7. The molecule has 0 saturated heterocycles. The molecule has 19 heavy (non-hydrogen) atoms. The quantitative estimate of drug-likeness (QED) is 0.853. The van der Waals surface area contributed by atoms with Crippen LogP contribution in [0.25, 0.3) is 0 Å². The van der Waals surface area contributed by atoms with Crippen LogP contribution in [0.4, 0.5) is 8.78 Å². The number of nitrogens with one attached hydrogen (secondary N) is 1. The third kappa shape index (κ3) is 3.51. The van der Waals surface area contributed by atoms with E-state index in [1.165, 1.54) is 0 Å². The molecule has 1 rings (SSSR count). The topological polar surface area (TPSA) is 21.3 Å². The van der Waals surface area contributed by atoms with Crippen molar-refractivity contribution >= 4 is 0 Å². The van der Waals surface area contributed by atoms with Crippen molar-refractivity contribution in [2.45, 2.75) is 39.8 Å². The van der Waals surface area contributed by atoms with E-state index in [0.717, 1.165) is 0 Å². The first-order valence-corrected chi connectivity index (χ1v) is 6.67. The van der Waals surface area contributed by atoms with Crippen LogP contribution >= 0.6 is 0 Å². The van der Waals surface area contributed by atoms with Gasteiger partial charge in [0.15, 0.2) is 11.6 Å². The van der Waals surface area contributed by atoms with Gasteiger partial charge in [-0.3, -0.25) is 0 Å². The van der Waals surface area contributed by atoms with Crippen LogP contribution in [-0.2, 0) is 4.74 Å². The standard InChI is InChI=1S/C15H23F2NO/c1-6-19-15(9(2)3)14(18-5)11-8-7-10(4)12(16)13(11)17/h7-9,14-15,18H,6H2,1-5H3. The molecule has 1 N–H and O–H groups in total. The molecule has 0 heterocycles. The number of ether oxygens (including phenoxy) is 1. The fraction of sp³-hybridized carbons (Fsp3) is 0.600. The van der Waals surface area contributed by atoms with Crippen LogP contribution in [0.3, 0.4) is 0 Å². The summed E-state index contributed by atoms with van der Waals surface area (Å²) in [6.07, 6.45) is -0.202. The molecule has 2 atom stereocenters. The average molecular weight is 271 g/mol. The van der Waals surface area contributed by atoms with Crippen molar-refractivity contribution < 1.29 is 13.5 Å². The smallest absolute Gasteiger partial charge is 0.163 e. The van der Waals surface area contributed by atoms with Crippen LogP contribution in [0.5, 0.6) is 0 Å². The van der Waals surface area contributed by atoms with Crippen LogP contribution < -0.4 is 5.32 Å². The fourth-order valence-corrected chi connectivity index (χ4v) is 2.26. The van der Waals surface area contributed by atoms with Crippen molar-refractivity contribution in [1.29, 1.82) is 0 Å². The van der Waals surface area contributed by atoms with Crippen LogP contribution in [0, 0.1) is 24.5 Å². The van der Waals surface area contributed by atoms with E-state index >= 15 is 0 Å². The van der Waals surface area contributed by atoms with Gasteiger partial charge in [-0.2, -0.15) is 0 Å². The maximum absolute atomic E-state index is 14.1. The highest BCUT2D eigenvalue weighted by Crippen LogP contribution is 2.28. The van der Waals surface area contributed by atoms with Gasteiger partial charge < -0.3 is 10.1 Å². The largest absolute Gasteiger partial charge is 0.376 e. The highest BCUT2D eigenvalue weighted by molar-refractivity contribution is 5.28. The second-order valence-electron chi connectivity index (χ2n) is 5.03. The van der Waals surface area contributed by atoms with Crippen LogP contribution in [0.1, 0.15) is 37.9 Å². The van der Waals surface area contributed by atoms with E-state index in [9.17, 15) is 8.78 Å². The van der Waals surface area contributed by atoms with Gasteiger partial charge in [0, 0.05) is 12.2 Å². The SMILES string of the molecule is CCOC(C(C)C)C(NC)c1ccc(C)c(F)c1F. The van der Waals surface area contributed by atoms with E-state index < -0.39 is 11.6 Å². The highest BCUT2D eigenvalue weighted by atomic mass is 19.2. The summed E-state index contributed by atoms with van der Waals surface area (Å²) in [6, 6.07) is 2.86. The summed E-state index contributed by atoms with van der Waals surface area (Å²) in [5.74, 6) is -1.37. The molecule has 0 saturated carbocycles. The Labute approximate surface area is 114 Å². The van der Waals surface area contributed by atoms with E-state index in [2.05, 4.69) is 5.32 Å². The van der Waals surface area contributed by atoms with Crippen molar-refractivity contribution in [3.8, 4) is 0 Å². The molecule has 0 bridgehead atoms. The minimum atomic E-state index is -0.787. The van der Waals surface area contributed by atoms with E-state index in [1.807, 2.05) is 20.8 Å². The van der Waals surface area contributed by atoms with Gasteiger partial charge in [-0.1, -0.05) is 26.0 Å². The lowest BCUT2D eigenvalue weighted by Crippen LogP contribution is -2.36. The van der Waals surface area contributed by atoms with Crippen molar-refractivity contribution in [2.24, 2.45) is 5.92 Å². The first-order chi connectivity index (χ1) is 8.93. The van der Waals surface area contributed by atoms with Crippen LogP contribution in [0.15, 0.2) is 12.1 Å². The number of hydrogen-bond donors (Lipinski definition) is 1. The number of halogens is 2. The molecule has 0 radical (unpaired) electrons. The van der Waals surface area contributed by atoms with E-state index in [1.54, 1.807) is 26.1 Å². The number of hydrogen-bond acceptors (Lipinski definition) is 2. The Balaban J connectivity index is 3.18. The molecule has 0 aliphatic carbocycles. The Hall–Kier alpha value is -1.00. The summed E-state index contributed by atoms with van der Waals surface area (Å²) >= 11 is 0. The monoisotopic (exact) mass is 271 g/mol. The summed E-state index contributed by atoms with van der Waals surface area (Å²) in [6.45, 7) is 8.00. The minimum Gasteiger partial charge on any atom is -0.376 e. The molecular formula is C15H23F2NO. The summed E-state index contributed by atoms with van der Waals surface area (Å²) in [4.78, 5) is 0. The van der Waals surface area contributed by atoms with Gasteiger partial charge in [0.05, 0.1) is 12.1 Å². The number of benzene rings is 1. The lowest BCUT2D eigenvalue weighted by atomic mass is 9.92. The van der Waals surface area contributed by atoms with Crippen LogP contribution in [-0.4, -0.2) is 19.8 Å². The second-order valence-corrected chi connectivity index (χ2v) is 5.03. The Kier molecular flexibility index (Phi) is 5.88. The molecular weight excluding hydrogens is 248 g/mol. The van der Waals surface area contributed by atoms with Gasteiger partial charge in [-0.15, -0.1) is 0 Å². The molecule has 0 aliphatic heterocycles. The van der Waals surface area contributed by atoms with Gasteiger partial charge in [-0.05, 0) is 32.4 Å². The van der Waals surface area contributed by atoms with Crippen molar-refractivity contribution in [1.82, 2.24) is 5.32 Å². The lowest BCUT2D eigenvalue weighted by molar-refractivity contribution is 0.00367. The third-order valence-corrected chi connectivity index (χ3v) is 3.30. The predicted octanol–water partition coefficient (Wildman–Crippen LogP) is 3.59. The first kappa shape index (κ1) is 16.1. The van der Waals surface area contributed by atoms with Gasteiger partial charge in [0.25, 0.3) is 0 Å². The second kappa shape index (κ2) is 6.96. The average Bonchev–Trinajstić information content (AvgIpc) is 2.37. The minimum absolute atomic E-state index is 0.196. The van der Waals surface area contributed by atoms with Gasteiger partial charge in [0.1, 0.15) is 0 Å². The summed E-state index contributed by atoms with van der Waals surface area (Å²) in [7, 11) is 1.73. The number of likely N-dealkylation sites (N-methyl/N-ethyl adjacent to an activating group) is 1. The van der Waals surface area contributed by atoms with Gasteiger partial charge >= 0.3 is 0 Å².